The van der Waals surface area contributed by atoms with Crippen LogP contribution in [0.1, 0.15) is 24.1 Å². The molecule has 4 rings (SSSR count). The van der Waals surface area contributed by atoms with Gasteiger partial charge in [-0.25, -0.2) is 9.37 Å². The van der Waals surface area contributed by atoms with Gasteiger partial charge >= 0.3 is 0 Å². The van der Waals surface area contributed by atoms with E-state index in [9.17, 15) is 9.50 Å². The first-order valence-corrected chi connectivity index (χ1v) is 9.10. The molecule has 2 saturated heterocycles. The second kappa shape index (κ2) is 6.46. The second-order valence-electron chi connectivity index (χ2n) is 7.49. The Balaban J connectivity index is 1.68. The van der Waals surface area contributed by atoms with E-state index in [1.807, 2.05) is 0 Å². The molecule has 1 aromatic carbocycles. The normalized spacial score (nSPS) is 23.3. The first kappa shape index (κ1) is 17.1. The summed E-state index contributed by atoms with van der Waals surface area (Å²) in [4.78, 5) is 9.19. The molecule has 1 aromatic heterocycles. The number of halogens is 1. The smallest absolute Gasteiger partial charge is 0.245 e. The van der Waals surface area contributed by atoms with Gasteiger partial charge in [0, 0.05) is 19.1 Å². The van der Waals surface area contributed by atoms with Crippen LogP contribution in [0, 0.1) is 25.6 Å². The highest BCUT2D eigenvalue weighted by molar-refractivity contribution is 5.70. The van der Waals surface area contributed by atoms with Gasteiger partial charge in [-0.2, -0.15) is 0 Å². The van der Waals surface area contributed by atoms with Gasteiger partial charge in [-0.3, -0.25) is 0 Å². The number of phenolic OH excluding ortho intramolecular Hbond substituents is 1. The van der Waals surface area contributed by atoms with Crippen molar-refractivity contribution in [2.75, 3.05) is 31.6 Å². The molecule has 6 nitrogen and oxygen atoms in total. The Kier molecular flexibility index (Phi) is 4.26. The lowest BCUT2D eigenvalue weighted by molar-refractivity contribution is 0.207. The zero-order valence-electron chi connectivity index (χ0n) is 15.4. The standard InChI is InChI=1S/C19H24FN5O/c1-11-4-5-14(20)16(18(11)26)17-12(2)21-19(23-22-17)25-9-7-13-6-8-24(3)10-15(13)25/h4-5,13,15,26H,6-10H2,1-3H3/t13-,15-/m0/s1. The first-order chi connectivity index (χ1) is 12.5. The van der Waals surface area contributed by atoms with Gasteiger partial charge in [0.15, 0.2) is 0 Å². The number of piperidine rings is 1. The summed E-state index contributed by atoms with van der Waals surface area (Å²) >= 11 is 0. The minimum Gasteiger partial charge on any atom is -0.507 e. The van der Waals surface area contributed by atoms with Crippen LogP contribution in [0.25, 0.3) is 11.3 Å². The number of rotatable bonds is 2. The first-order valence-electron chi connectivity index (χ1n) is 9.10. The fraction of sp³-hybridized carbons (Fsp3) is 0.526. The third kappa shape index (κ3) is 2.80. The van der Waals surface area contributed by atoms with Crippen molar-refractivity contribution < 1.29 is 9.50 Å². The number of likely N-dealkylation sites (tertiary alicyclic amines) is 1. The Labute approximate surface area is 152 Å². The number of aromatic nitrogens is 3. The summed E-state index contributed by atoms with van der Waals surface area (Å²) in [6, 6.07) is 3.29. The van der Waals surface area contributed by atoms with Gasteiger partial charge in [0.05, 0.1) is 11.3 Å². The molecule has 138 valence electrons. The number of aryl methyl sites for hydroxylation is 2. The van der Waals surface area contributed by atoms with E-state index in [4.69, 9.17) is 0 Å². The molecule has 0 amide bonds. The Morgan fingerprint density at radius 1 is 1.15 bits per heavy atom. The average molecular weight is 357 g/mol. The van der Waals surface area contributed by atoms with Crippen LogP contribution in [0.5, 0.6) is 5.75 Å². The second-order valence-corrected chi connectivity index (χ2v) is 7.49. The number of aromatic hydroxyl groups is 1. The molecular formula is C19H24FN5O. The lowest BCUT2D eigenvalue weighted by atomic mass is 9.92. The van der Waals surface area contributed by atoms with Gasteiger partial charge in [-0.15, -0.1) is 10.2 Å². The van der Waals surface area contributed by atoms with E-state index in [1.54, 1.807) is 19.9 Å². The van der Waals surface area contributed by atoms with Crippen molar-refractivity contribution in [1.82, 2.24) is 20.1 Å². The van der Waals surface area contributed by atoms with Crippen LogP contribution >= 0.6 is 0 Å². The number of hydrogen-bond acceptors (Lipinski definition) is 6. The third-order valence-corrected chi connectivity index (χ3v) is 5.74. The molecule has 0 spiro atoms. The highest BCUT2D eigenvalue weighted by Crippen LogP contribution is 2.36. The van der Waals surface area contributed by atoms with Crippen molar-refractivity contribution >= 4 is 5.95 Å². The fourth-order valence-corrected chi connectivity index (χ4v) is 4.19. The van der Waals surface area contributed by atoms with Crippen LogP contribution in [0.2, 0.25) is 0 Å². The van der Waals surface area contributed by atoms with Crippen LogP contribution in [0.15, 0.2) is 12.1 Å². The monoisotopic (exact) mass is 357 g/mol. The summed E-state index contributed by atoms with van der Waals surface area (Å²) in [6.07, 6.45) is 2.35. The highest BCUT2D eigenvalue weighted by atomic mass is 19.1. The van der Waals surface area contributed by atoms with Crippen molar-refractivity contribution in [3.05, 3.63) is 29.2 Å². The van der Waals surface area contributed by atoms with Gasteiger partial charge in [0.1, 0.15) is 17.3 Å². The van der Waals surface area contributed by atoms with Crippen molar-refractivity contribution in [1.29, 1.82) is 0 Å². The topological polar surface area (TPSA) is 65.4 Å². The maximum absolute atomic E-state index is 14.3. The number of nitrogens with zero attached hydrogens (tertiary/aromatic N) is 5. The summed E-state index contributed by atoms with van der Waals surface area (Å²) in [6.45, 7) is 6.58. The largest absolute Gasteiger partial charge is 0.507 e. The Hall–Kier alpha value is -2.28. The van der Waals surface area contributed by atoms with E-state index in [0.717, 1.165) is 26.1 Å². The van der Waals surface area contributed by atoms with E-state index in [1.165, 1.54) is 12.5 Å². The molecule has 2 aliphatic heterocycles. The van der Waals surface area contributed by atoms with Gasteiger partial charge < -0.3 is 14.9 Å². The minimum atomic E-state index is -0.518. The van der Waals surface area contributed by atoms with E-state index in [0.29, 0.717) is 34.9 Å². The van der Waals surface area contributed by atoms with Gasteiger partial charge in [0.2, 0.25) is 5.95 Å². The van der Waals surface area contributed by atoms with Gasteiger partial charge in [-0.05, 0) is 57.8 Å². The number of fused-ring (bicyclic) bond motifs is 1. The van der Waals surface area contributed by atoms with Crippen LogP contribution < -0.4 is 4.90 Å². The molecule has 2 fully saturated rings. The molecule has 0 unspecified atom stereocenters. The lowest BCUT2D eigenvalue weighted by Gasteiger charge is -2.36. The molecule has 26 heavy (non-hydrogen) atoms. The van der Waals surface area contributed by atoms with Crippen LogP contribution in [0.4, 0.5) is 10.3 Å². The van der Waals surface area contributed by atoms with Crippen molar-refractivity contribution in [3.63, 3.8) is 0 Å². The van der Waals surface area contributed by atoms with E-state index in [-0.39, 0.29) is 11.3 Å². The molecule has 2 aromatic rings. The van der Waals surface area contributed by atoms with Crippen LogP contribution in [-0.4, -0.2) is 57.9 Å². The van der Waals surface area contributed by atoms with Crippen molar-refractivity contribution in [2.24, 2.45) is 5.92 Å². The summed E-state index contributed by atoms with van der Waals surface area (Å²) in [5.74, 6) is 0.650. The predicted octanol–water partition coefficient (Wildman–Crippen LogP) is 2.53. The molecule has 2 atom stereocenters. The number of hydrogen-bond donors (Lipinski definition) is 1. The summed E-state index contributed by atoms with van der Waals surface area (Å²) in [5, 5.41) is 18.8. The molecule has 0 radical (unpaired) electrons. The van der Waals surface area contributed by atoms with Crippen molar-refractivity contribution in [3.8, 4) is 17.0 Å². The molecule has 1 N–H and O–H groups in total. The summed E-state index contributed by atoms with van der Waals surface area (Å²) in [5.41, 5.74) is 1.54. The quantitative estimate of drug-likeness (QED) is 0.891. The summed E-state index contributed by atoms with van der Waals surface area (Å²) in [7, 11) is 2.14. The Morgan fingerprint density at radius 2 is 1.92 bits per heavy atom. The van der Waals surface area contributed by atoms with E-state index in [2.05, 4.69) is 32.0 Å². The molecule has 2 aliphatic rings. The lowest BCUT2D eigenvalue weighted by Crippen LogP contribution is -2.47. The van der Waals surface area contributed by atoms with Gasteiger partial charge in [0.25, 0.3) is 0 Å². The number of benzene rings is 1. The number of likely N-dealkylation sites (N-methyl/N-ethyl adjacent to an activating group) is 1. The zero-order valence-corrected chi connectivity index (χ0v) is 15.4. The van der Waals surface area contributed by atoms with Crippen LogP contribution in [-0.2, 0) is 0 Å². The Morgan fingerprint density at radius 3 is 2.69 bits per heavy atom. The molecule has 0 aliphatic carbocycles. The average Bonchev–Trinajstić information content (AvgIpc) is 3.03. The van der Waals surface area contributed by atoms with Crippen LogP contribution in [0.3, 0.4) is 0 Å². The molecule has 7 heteroatoms. The maximum Gasteiger partial charge on any atom is 0.245 e. The van der Waals surface area contributed by atoms with Gasteiger partial charge in [-0.1, -0.05) is 6.07 Å². The molecule has 3 heterocycles. The van der Waals surface area contributed by atoms with Crippen molar-refractivity contribution in [2.45, 2.75) is 32.7 Å². The highest BCUT2D eigenvalue weighted by Gasteiger charge is 2.39. The zero-order chi connectivity index (χ0) is 18.4. The predicted molar refractivity (Wildman–Crippen MR) is 97.7 cm³/mol. The number of phenols is 1. The Bertz CT molecular complexity index is 843. The van der Waals surface area contributed by atoms with E-state index >= 15 is 0 Å². The molecular weight excluding hydrogens is 333 g/mol. The fourth-order valence-electron chi connectivity index (χ4n) is 4.19. The third-order valence-electron chi connectivity index (χ3n) is 5.74. The molecule has 0 saturated carbocycles. The SMILES string of the molecule is Cc1ccc(F)c(-c2nnc(N3CC[C@@H]4CCN(C)C[C@@H]43)nc2C)c1O. The minimum absolute atomic E-state index is 0.0748. The molecule has 0 bridgehead atoms. The van der Waals surface area contributed by atoms with E-state index < -0.39 is 5.82 Å². The summed E-state index contributed by atoms with van der Waals surface area (Å²) < 4.78 is 14.3. The maximum atomic E-state index is 14.3. The number of anilines is 1.